The topological polar surface area (TPSA) is 0 Å². The van der Waals surface area contributed by atoms with Gasteiger partial charge in [-0.2, -0.15) is 0 Å². The van der Waals surface area contributed by atoms with Gasteiger partial charge in [0.2, 0.25) is 0 Å². The van der Waals surface area contributed by atoms with Crippen molar-refractivity contribution in [2.24, 2.45) is 0 Å². The van der Waals surface area contributed by atoms with Gasteiger partial charge in [0.05, 0.1) is 0 Å². The number of alkyl halides is 1. The lowest BCUT2D eigenvalue weighted by Crippen LogP contribution is -1.97. The summed E-state index contributed by atoms with van der Waals surface area (Å²) in [5.74, 6) is 0. The third-order valence-corrected chi connectivity index (χ3v) is 3.68. The summed E-state index contributed by atoms with van der Waals surface area (Å²) >= 11 is 3.57. The summed E-state index contributed by atoms with van der Waals surface area (Å²) in [6.07, 6.45) is 4.89. The van der Waals surface area contributed by atoms with E-state index in [-0.39, 0.29) is 0 Å². The number of unbranched alkanes of at least 4 members (excludes halogenated alkanes) is 1. The fraction of sp³-hybridized carbons (Fsp3) is 0.375. The van der Waals surface area contributed by atoms with Crippen LogP contribution in [0.1, 0.15) is 30.9 Å². The first kappa shape index (κ1) is 12.6. The van der Waals surface area contributed by atoms with E-state index in [1.54, 1.807) is 0 Å². The maximum absolute atomic E-state index is 3.57. The summed E-state index contributed by atoms with van der Waals surface area (Å²) in [6, 6.07) is 13.3. The maximum atomic E-state index is 3.57. The van der Waals surface area contributed by atoms with E-state index in [1.165, 1.54) is 41.2 Å². The van der Waals surface area contributed by atoms with Gasteiger partial charge in [-0.3, -0.25) is 0 Å². The van der Waals surface area contributed by atoms with Gasteiger partial charge in [-0.05, 0) is 41.2 Å². The Balaban J connectivity index is 2.47. The van der Waals surface area contributed by atoms with Crippen LogP contribution in [0.4, 0.5) is 0 Å². The Hall–Kier alpha value is -0.820. The molecule has 2 aromatic rings. The van der Waals surface area contributed by atoms with Crippen LogP contribution in [0, 0.1) is 0 Å². The number of aryl methyl sites for hydroxylation is 2. The smallest absolute Gasteiger partial charge is 0.00721 e. The van der Waals surface area contributed by atoms with Crippen molar-refractivity contribution in [1.82, 2.24) is 0 Å². The van der Waals surface area contributed by atoms with Gasteiger partial charge in [0, 0.05) is 5.33 Å². The second-order valence-corrected chi connectivity index (χ2v) is 5.26. The van der Waals surface area contributed by atoms with Crippen LogP contribution >= 0.6 is 15.9 Å². The third-order valence-electron chi connectivity index (χ3n) is 3.28. The van der Waals surface area contributed by atoms with Gasteiger partial charge in [-0.1, -0.05) is 65.7 Å². The predicted molar refractivity (Wildman–Crippen MR) is 80.1 cm³/mol. The lowest BCUT2D eigenvalue weighted by molar-refractivity contribution is 0.789. The van der Waals surface area contributed by atoms with E-state index < -0.39 is 0 Å². The highest BCUT2D eigenvalue weighted by Gasteiger charge is 2.06. The molecule has 0 bridgehead atoms. The first-order valence-corrected chi connectivity index (χ1v) is 7.54. The van der Waals surface area contributed by atoms with Crippen molar-refractivity contribution < 1.29 is 0 Å². The van der Waals surface area contributed by atoms with Crippen LogP contribution in [0.25, 0.3) is 10.8 Å². The zero-order chi connectivity index (χ0) is 12.1. The molecular weight excluding hydrogens is 272 g/mol. The molecule has 0 aliphatic heterocycles. The number of fused-ring (bicyclic) bond motifs is 1. The molecule has 0 saturated carbocycles. The normalized spacial score (nSPS) is 10.9. The minimum Gasteiger partial charge on any atom is -0.0924 e. The average Bonchev–Trinajstić information content (AvgIpc) is 2.38. The van der Waals surface area contributed by atoms with Gasteiger partial charge in [-0.15, -0.1) is 0 Å². The first-order valence-electron chi connectivity index (χ1n) is 6.42. The quantitative estimate of drug-likeness (QED) is 0.671. The van der Waals surface area contributed by atoms with Gasteiger partial charge in [-0.25, -0.2) is 0 Å². The summed E-state index contributed by atoms with van der Waals surface area (Å²) in [6.45, 7) is 2.26. The number of hydrogen-bond donors (Lipinski definition) is 0. The van der Waals surface area contributed by atoms with Crippen LogP contribution in [0.3, 0.4) is 0 Å². The SMILES string of the molecule is CCCCc1ccc2ccccc2c1CCBr. The molecule has 0 fully saturated rings. The molecule has 0 aliphatic rings. The Morgan fingerprint density at radius 2 is 1.82 bits per heavy atom. The summed E-state index contributed by atoms with van der Waals surface area (Å²) in [4.78, 5) is 0. The average molecular weight is 291 g/mol. The van der Waals surface area contributed by atoms with Crippen molar-refractivity contribution in [3.63, 3.8) is 0 Å². The molecule has 0 heterocycles. The van der Waals surface area contributed by atoms with Crippen molar-refractivity contribution in [1.29, 1.82) is 0 Å². The van der Waals surface area contributed by atoms with Crippen molar-refractivity contribution >= 4 is 26.7 Å². The van der Waals surface area contributed by atoms with Crippen LogP contribution in [0.2, 0.25) is 0 Å². The molecule has 0 nitrogen and oxygen atoms in total. The molecule has 17 heavy (non-hydrogen) atoms. The summed E-state index contributed by atoms with van der Waals surface area (Å²) in [7, 11) is 0. The van der Waals surface area contributed by atoms with E-state index in [4.69, 9.17) is 0 Å². The van der Waals surface area contributed by atoms with Crippen molar-refractivity contribution in [3.05, 3.63) is 47.5 Å². The van der Waals surface area contributed by atoms with Gasteiger partial charge < -0.3 is 0 Å². The third kappa shape index (κ3) is 2.90. The van der Waals surface area contributed by atoms with Gasteiger partial charge in [0.25, 0.3) is 0 Å². The molecule has 0 aliphatic carbocycles. The van der Waals surface area contributed by atoms with Crippen LogP contribution in [-0.4, -0.2) is 5.33 Å². The molecule has 2 aromatic carbocycles. The zero-order valence-corrected chi connectivity index (χ0v) is 12.0. The molecule has 0 saturated heterocycles. The van der Waals surface area contributed by atoms with Gasteiger partial charge in [0.1, 0.15) is 0 Å². The van der Waals surface area contributed by atoms with Crippen LogP contribution in [-0.2, 0) is 12.8 Å². The van der Waals surface area contributed by atoms with E-state index in [1.807, 2.05) is 0 Å². The Bertz CT molecular complexity index is 488. The second-order valence-electron chi connectivity index (χ2n) is 4.47. The van der Waals surface area contributed by atoms with E-state index in [9.17, 15) is 0 Å². The number of benzene rings is 2. The summed E-state index contributed by atoms with van der Waals surface area (Å²) in [5.41, 5.74) is 3.07. The molecule has 1 heteroatoms. The van der Waals surface area contributed by atoms with Crippen LogP contribution in [0.5, 0.6) is 0 Å². The summed E-state index contributed by atoms with van der Waals surface area (Å²) in [5, 5.41) is 3.84. The molecule has 2 rings (SSSR count). The number of rotatable bonds is 5. The van der Waals surface area contributed by atoms with E-state index in [0.29, 0.717) is 0 Å². The lowest BCUT2D eigenvalue weighted by Gasteiger charge is -2.12. The van der Waals surface area contributed by atoms with E-state index in [2.05, 4.69) is 59.3 Å². The largest absolute Gasteiger partial charge is 0.0924 e. The Morgan fingerprint density at radius 3 is 2.59 bits per heavy atom. The fourth-order valence-corrected chi connectivity index (χ4v) is 2.77. The minimum absolute atomic E-state index is 1.04. The maximum Gasteiger partial charge on any atom is 0.00721 e. The molecule has 0 unspecified atom stereocenters. The molecule has 0 amide bonds. The molecule has 0 N–H and O–H groups in total. The van der Waals surface area contributed by atoms with Crippen LogP contribution in [0.15, 0.2) is 36.4 Å². The van der Waals surface area contributed by atoms with Gasteiger partial charge >= 0.3 is 0 Å². The van der Waals surface area contributed by atoms with Crippen molar-refractivity contribution in [3.8, 4) is 0 Å². The van der Waals surface area contributed by atoms with Crippen molar-refractivity contribution in [2.75, 3.05) is 5.33 Å². The summed E-state index contributed by atoms with van der Waals surface area (Å²) < 4.78 is 0. The van der Waals surface area contributed by atoms with E-state index >= 15 is 0 Å². The molecule has 0 aromatic heterocycles. The second kappa shape index (κ2) is 6.20. The zero-order valence-electron chi connectivity index (χ0n) is 10.4. The Labute approximate surface area is 112 Å². The lowest BCUT2D eigenvalue weighted by atomic mass is 9.94. The molecular formula is C16H19Br. The number of hydrogen-bond acceptors (Lipinski definition) is 0. The van der Waals surface area contributed by atoms with E-state index in [0.717, 1.165) is 11.8 Å². The van der Waals surface area contributed by atoms with Gasteiger partial charge in [0.15, 0.2) is 0 Å². The monoisotopic (exact) mass is 290 g/mol. The first-order chi connectivity index (χ1) is 8.36. The Kier molecular flexibility index (Phi) is 4.61. The minimum atomic E-state index is 1.04. The molecule has 0 spiro atoms. The predicted octanol–water partition coefficient (Wildman–Crippen LogP) is 5.12. The highest BCUT2D eigenvalue weighted by molar-refractivity contribution is 9.09. The standard InChI is InChI=1S/C16H19Br/c1-2-3-6-13-9-10-14-7-4-5-8-15(14)16(13)11-12-17/h4-5,7-10H,2-3,6,11-12H2,1H3. The molecule has 0 atom stereocenters. The van der Waals surface area contributed by atoms with Crippen LogP contribution < -0.4 is 0 Å². The highest BCUT2D eigenvalue weighted by atomic mass is 79.9. The molecule has 0 radical (unpaired) electrons. The fourth-order valence-electron chi connectivity index (χ4n) is 2.37. The molecule has 90 valence electrons. The number of halogens is 1. The van der Waals surface area contributed by atoms with Crippen molar-refractivity contribution in [2.45, 2.75) is 32.6 Å². The Morgan fingerprint density at radius 1 is 1.00 bits per heavy atom. The highest BCUT2D eigenvalue weighted by Crippen LogP contribution is 2.24.